The highest BCUT2D eigenvalue weighted by Crippen LogP contribution is 2.33. The molecule has 136 valence electrons. The minimum atomic E-state index is 0.215. The van der Waals surface area contributed by atoms with Crippen LogP contribution in [0, 0.1) is 5.92 Å². The summed E-state index contributed by atoms with van der Waals surface area (Å²) >= 11 is 0. The Morgan fingerprint density at radius 3 is 2.76 bits per heavy atom. The van der Waals surface area contributed by atoms with Crippen molar-refractivity contribution in [3.63, 3.8) is 0 Å². The van der Waals surface area contributed by atoms with Gasteiger partial charge >= 0.3 is 0 Å². The van der Waals surface area contributed by atoms with Gasteiger partial charge in [0.15, 0.2) is 0 Å². The van der Waals surface area contributed by atoms with Crippen molar-refractivity contribution in [3.8, 4) is 5.75 Å². The number of rotatable bonds is 4. The van der Waals surface area contributed by atoms with Crippen LogP contribution in [0.4, 0.5) is 0 Å². The van der Waals surface area contributed by atoms with Crippen molar-refractivity contribution in [1.29, 1.82) is 0 Å². The molecule has 0 unspecified atom stereocenters. The highest BCUT2D eigenvalue weighted by atomic mass is 16.5. The number of methoxy groups -OCH3 is 1. The Kier molecular flexibility index (Phi) is 4.95. The van der Waals surface area contributed by atoms with Gasteiger partial charge in [-0.1, -0.05) is 12.1 Å². The molecule has 0 spiro atoms. The Hall–Kier alpha value is -1.59. The SMILES string of the molecule is COc1ccc(CN2C[C@@H]3CCCO[C@@H]3[C@H](N3CCCC3=O)C2)cc1. The van der Waals surface area contributed by atoms with Gasteiger partial charge in [-0.2, -0.15) is 0 Å². The molecule has 1 aromatic carbocycles. The van der Waals surface area contributed by atoms with Crippen LogP contribution in [-0.4, -0.2) is 61.2 Å². The summed E-state index contributed by atoms with van der Waals surface area (Å²) < 4.78 is 11.4. The number of nitrogens with zero attached hydrogens (tertiary/aromatic N) is 2. The average Bonchev–Trinajstić information content (AvgIpc) is 3.07. The lowest BCUT2D eigenvalue weighted by Gasteiger charge is -2.48. The van der Waals surface area contributed by atoms with Gasteiger partial charge in [0.1, 0.15) is 5.75 Å². The third-order valence-electron chi connectivity index (χ3n) is 5.89. The van der Waals surface area contributed by atoms with Gasteiger partial charge in [0.2, 0.25) is 5.91 Å². The Morgan fingerprint density at radius 2 is 2.04 bits per heavy atom. The largest absolute Gasteiger partial charge is 0.497 e. The van der Waals surface area contributed by atoms with Crippen LogP contribution in [0.15, 0.2) is 24.3 Å². The maximum absolute atomic E-state index is 12.3. The number of carbonyl (C=O) groups is 1. The van der Waals surface area contributed by atoms with Crippen LogP contribution < -0.4 is 4.74 Å². The molecule has 3 fully saturated rings. The Bertz CT molecular complexity index is 603. The minimum absolute atomic E-state index is 0.215. The Balaban J connectivity index is 1.49. The minimum Gasteiger partial charge on any atom is -0.497 e. The van der Waals surface area contributed by atoms with Crippen molar-refractivity contribution in [3.05, 3.63) is 29.8 Å². The third kappa shape index (κ3) is 3.53. The first-order valence-corrected chi connectivity index (χ1v) is 9.51. The van der Waals surface area contributed by atoms with Crippen molar-refractivity contribution in [1.82, 2.24) is 9.80 Å². The van der Waals surface area contributed by atoms with E-state index in [0.29, 0.717) is 18.2 Å². The highest BCUT2D eigenvalue weighted by Gasteiger charge is 2.44. The molecule has 1 aromatic rings. The molecule has 0 N–H and O–H groups in total. The summed E-state index contributed by atoms with van der Waals surface area (Å²) in [5.74, 6) is 1.74. The first-order chi connectivity index (χ1) is 12.2. The molecular weight excluding hydrogens is 316 g/mol. The molecule has 3 aliphatic rings. The van der Waals surface area contributed by atoms with E-state index in [1.807, 2.05) is 12.1 Å². The lowest BCUT2D eigenvalue weighted by Crippen LogP contribution is -2.61. The zero-order chi connectivity index (χ0) is 17.2. The molecule has 0 bridgehead atoms. The second-order valence-electron chi connectivity index (χ2n) is 7.54. The molecule has 0 saturated carbocycles. The summed E-state index contributed by atoms with van der Waals surface area (Å²) in [6, 6.07) is 8.53. The molecule has 3 heterocycles. The van der Waals surface area contributed by atoms with Gasteiger partial charge < -0.3 is 14.4 Å². The maximum Gasteiger partial charge on any atom is 0.223 e. The average molecular weight is 344 g/mol. The van der Waals surface area contributed by atoms with Crippen LogP contribution in [-0.2, 0) is 16.1 Å². The fourth-order valence-corrected chi connectivity index (χ4v) is 4.67. The fraction of sp³-hybridized carbons (Fsp3) is 0.650. The maximum atomic E-state index is 12.3. The van der Waals surface area contributed by atoms with Gasteiger partial charge in [-0.25, -0.2) is 0 Å². The van der Waals surface area contributed by atoms with Crippen LogP contribution >= 0.6 is 0 Å². The number of carbonyl (C=O) groups excluding carboxylic acids is 1. The second-order valence-corrected chi connectivity index (χ2v) is 7.54. The van der Waals surface area contributed by atoms with Crippen LogP contribution in [0.5, 0.6) is 5.75 Å². The first kappa shape index (κ1) is 16.9. The second kappa shape index (κ2) is 7.34. The smallest absolute Gasteiger partial charge is 0.223 e. The molecule has 0 aromatic heterocycles. The summed E-state index contributed by atoms with van der Waals surface area (Å²) in [6.07, 6.45) is 4.26. The quantitative estimate of drug-likeness (QED) is 0.840. The van der Waals surface area contributed by atoms with Crippen molar-refractivity contribution >= 4 is 5.91 Å². The summed E-state index contributed by atoms with van der Waals surface area (Å²) in [6.45, 7) is 4.64. The van der Waals surface area contributed by atoms with E-state index in [-0.39, 0.29) is 12.1 Å². The van der Waals surface area contributed by atoms with Crippen molar-refractivity contribution < 1.29 is 14.3 Å². The van der Waals surface area contributed by atoms with E-state index in [0.717, 1.165) is 51.4 Å². The number of ether oxygens (including phenoxy) is 2. The summed E-state index contributed by atoms with van der Waals surface area (Å²) in [7, 11) is 1.69. The molecule has 1 amide bonds. The third-order valence-corrected chi connectivity index (χ3v) is 5.89. The number of benzene rings is 1. The molecule has 4 rings (SSSR count). The normalized spacial score (nSPS) is 30.4. The molecule has 0 aliphatic carbocycles. The standard InChI is InChI=1S/C20H28N2O3/c1-24-17-8-6-15(7-9-17)12-21-13-16-4-3-11-25-20(16)18(14-21)22-10-2-5-19(22)23/h6-9,16,18,20H,2-5,10-14H2,1H3/t16-,18+,20-/m0/s1. The zero-order valence-corrected chi connectivity index (χ0v) is 15.0. The first-order valence-electron chi connectivity index (χ1n) is 9.51. The molecule has 0 radical (unpaired) electrons. The predicted octanol–water partition coefficient (Wildman–Crippen LogP) is 2.30. The van der Waals surface area contributed by atoms with E-state index in [4.69, 9.17) is 9.47 Å². The Morgan fingerprint density at radius 1 is 1.20 bits per heavy atom. The van der Waals surface area contributed by atoms with Gasteiger partial charge in [-0.3, -0.25) is 9.69 Å². The molecule has 5 heteroatoms. The van der Waals surface area contributed by atoms with E-state index in [1.165, 1.54) is 12.0 Å². The van der Waals surface area contributed by atoms with E-state index in [2.05, 4.69) is 21.9 Å². The number of hydrogen-bond acceptors (Lipinski definition) is 4. The van der Waals surface area contributed by atoms with Gasteiger partial charge in [-0.05, 0) is 42.9 Å². The highest BCUT2D eigenvalue weighted by molar-refractivity contribution is 5.78. The Labute approximate surface area is 149 Å². The fourth-order valence-electron chi connectivity index (χ4n) is 4.67. The van der Waals surface area contributed by atoms with Crippen molar-refractivity contribution in [2.75, 3.05) is 33.4 Å². The van der Waals surface area contributed by atoms with E-state index >= 15 is 0 Å². The summed E-state index contributed by atoms with van der Waals surface area (Å²) in [4.78, 5) is 16.9. The zero-order valence-electron chi connectivity index (χ0n) is 15.0. The molecular formula is C20H28N2O3. The van der Waals surface area contributed by atoms with E-state index in [9.17, 15) is 4.79 Å². The number of amides is 1. The number of fused-ring (bicyclic) bond motifs is 1. The van der Waals surface area contributed by atoms with Crippen molar-refractivity contribution in [2.45, 2.75) is 44.4 Å². The van der Waals surface area contributed by atoms with Gasteiger partial charge in [0.25, 0.3) is 0 Å². The summed E-state index contributed by atoms with van der Waals surface area (Å²) in [5.41, 5.74) is 1.29. The monoisotopic (exact) mass is 344 g/mol. The molecule has 5 nitrogen and oxygen atoms in total. The molecule has 3 saturated heterocycles. The number of hydrogen-bond donors (Lipinski definition) is 0. The number of likely N-dealkylation sites (tertiary alicyclic amines) is 2. The van der Waals surface area contributed by atoms with Crippen LogP contribution in [0.3, 0.4) is 0 Å². The lowest BCUT2D eigenvalue weighted by molar-refractivity contribution is -0.145. The van der Waals surface area contributed by atoms with Crippen LogP contribution in [0.1, 0.15) is 31.2 Å². The molecule has 3 aliphatic heterocycles. The topological polar surface area (TPSA) is 42.0 Å². The van der Waals surface area contributed by atoms with Crippen LogP contribution in [0.2, 0.25) is 0 Å². The van der Waals surface area contributed by atoms with Crippen molar-refractivity contribution in [2.24, 2.45) is 5.92 Å². The molecule has 3 atom stereocenters. The number of piperidine rings is 1. The lowest BCUT2D eigenvalue weighted by atomic mass is 9.84. The summed E-state index contributed by atoms with van der Waals surface area (Å²) in [5, 5.41) is 0. The van der Waals surface area contributed by atoms with E-state index in [1.54, 1.807) is 7.11 Å². The molecule has 25 heavy (non-hydrogen) atoms. The van der Waals surface area contributed by atoms with Gasteiger partial charge in [-0.15, -0.1) is 0 Å². The van der Waals surface area contributed by atoms with E-state index < -0.39 is 0 Å². The van der Waals surface area contributed by atoms with Gasteiger partial charge in [0.05, 0.1) is 19.3 Å². The van der Waals surface area contributed by atoms with Gasteiger partial charge in [0, 0.05) is 39.2 Å². The predicted molar refractivity (Wildman–Crippen MR) is 95.5 cm³/mol. The van der Waals surface area contributed by atoms with Crippen LogP contribution in [0.25, 0.3) is 0 Å².